The summed E-state index contributed by atoms with van der Waals surface area (Å²) in [4.78, 5) is 0. The summed E-state index contributed by atoms with van der Waals surface area (Å²) in [6.45, 7) is 0. The second-order valence-electron chi connectivity index (χ2n) is 4.59. The van der Waals surface area contributed by atoms with Crippen molar-refractivity contribution in [2.75, 3.05) is 0 Å². The fourth-order valence-corrected chi connectivity index (χ4v) is 3.70. The van der Waals surface area contributed by atoms with Crippen LogP contribution in [0.2, 0.25) is 10.0 Å². The Hall–Kier alpha value is -0.240. The molecule has 0 heterocycles. The zero-order valence-electron chi connectivity index (χ0n) is 8.21. The number of rotatable bonds is 1. The second-order valence-corrected chi connectivity index (χ2v) is 5.44. The Bertz CT molecular complexity index is 406. The topological polar surface area (TPSA) is 20.2 Å². The van der Waals surface area contributed by atoms with E-state index in [9.17, 15) is 5.11 Å². The molecule has 80 valence electrons. The van der Waals surface area contributed by atoms with E-state index < -0.39 is 5.60 Å². The van der Waals surface area contributed by atoms with Crippen LogP contribution in [-0.4, -0.2) is 5.11 Å². The monoisotopic (exact) mass is 242 g/mol. The maximum atomic E-state index is 10.5. The van der Waals surface area contributed by atoms with E-state index in [0.717, 1.165) is 18.4 Å². The first-order valence-corrected chi connectivity index (χ1v) is 6.07. The Balaban J connectivity index is 2.00. The SMILES string of the molecule is OC1(c2ccc(Cl)cc2Cl)C2CCCC21. The van der Waals surface area contributed by atoms with Gasteiger partial charge in [0.1, 0.15) is 0 Å². The summed E-state index contributed by atoms with van der Waals surface area (Å²) in [5.41, 5.74) is 0.211. The average molecular weight is 243 g/mol. The highest BCUT2D eigenvalue weighted by molar-refractivity contribution is 6.35. The lowest BCUT2D eigenvalue weighted by Gasteiger charge is -2.16. The molecule has 2 saturated carbocycles. The van der Waals surface area contributed by atoms with E-state index >= 15 is 0 Å². The largest absolute Gasteiger partial charge is 0.385 e. The molecule has 2 fully saturated rings. The van der Waals surface area contributed by atoms with Crippen LogP contribution in [0.15, 0.2) is 18.2 Å². The molecule has 0 aromatic heterocycles. The van der Waals surface area contributed by atoms with Crippen LogP contribution in [0.4, 0.5) is 0 Å². The van der Waals surface area contributed by atoms with E-state index in [2.05, 4.69) is 0 Å². The van der Waals surface area contributed by atoms with Gasteiger partial charge in [0.15, 0.2) is 0 Å². The Morgan fingerprint density at radius 3 is 2.47 bits per heavy atom. The first kappa shape index (κ1) is 9.95. The molecule has 0 saturated heterocycles. The van der Waals surface area contributed by atoms with Crippen LogP contribution in [0, 0.1) is 11.8 Å². The molecule has 1 nitrogen and oxygen atoms in total. The van der Waals surface area contributed by atoms with E-state index in [1.54, 1.807) is 12.1 Å². The van der Waals surface area contributed by atoms with Gasteiger partial charge in [-0.05, 0) is 36.8 Å². The van der Waals surface area contributed by atoms with E-state index in [1.807, 2.05) is 6.07 Å². The summed E-state index contributed by atoms with van der Waals surface area (Å²) in [7, 11) is 0. The van der Waals surface area contributed by atoms with Crippen LogP contribution in [0.1, 0.15) is 24.8 Å². The van der Waals surface area contributed by atoms with Crippen molar-refractivity contribution in [3.8, 4) is 0 Å². The van der Waals surface area contributed by atoms with Crippen molar-refractivity contribution >= 4 is 23.2 Å². The molecule has 1 aromatic carbocycles. The predicted octanol–water partition coefficient (Wildman–Crippen LogP) is 3.61. The van der Waals surface area contributed by atoms with Gasteiger partial charge in [-0.3, -0.25) is 0 Å². The molecule has 1 aromatic rings. The van der Waals surface area contributed by atoms with Crippen LogP contribution >= 0.6 is 23.2 Å². The summed E-state index contributed by atoms with van der Waals surface area (Å²) in [6, 6.07) is 5.38. The van der Waals surface area contributed by atoms with Crippen LogP contribution in [0.25, 0.3) is 0 Å². The number of halogens is 2. The molecule has 0 bridgehead atoms. The summed E-state index contributed by atoms with van der Waals surface area (Å²) >= 11 is 12.0. The van der Waals surface area contributed by atoms with E-state index in [1.165, 1.54) is 6.42 Å². The number of aliphatic hydroxyl groups is 1. The van der Waals surface area contributed by atoms with Gasteiger partial charge in [-0.1, -0.05) is 35.7 Å². The molecule has 2 unspecified atom stereocenters. The number of fused-ring (bicyclic) bond motifs is 1. The zero-order valence-corrected chi connectivity index (χ0v) is 9.72. The molecule has 3 rings (SSSR count). The second kappa shape index (κ2) is 3.13. The van der Waals surface area contributed by atoms with Gasteiger partial charge in [0, 0.05) is 15.6 Å². The molecule has 2 aliphatic carbocycles. The highest BCUT2D eigenvalue weighted by atomic mass is 35.5. The normalized spacial score (nSPS) is 37.8. The minimum absolute atomic E-state index is 0.427. The molecular weight excluding hydrogens is 231 g/mol. The first-order valence-electron chi connectivity index (χ1n) is 5.32. The van der Waals surface area contributed by atoms with Crippen LogP contribution in [-0.2, 0) is 5.60 Å². The van der Waals surface area contributed by atoms with Gasteiger partial charge in [0.25, 0.3) is 0 Å². The Morgan fingerprint density at radius 2 is 1.87 bits per heavy atom. The van der Waals surface area contributed by atoms with Crippen LogP contribution in [0.3, 0.4) is 0 Å². The molecule has 2 atom stereocenters. The molecule has 0 radical (unpaired) electrons. The fourth-order valence-electron chi connectivity index (χ4n) is 3.14. The lowest BCUT2D eigenvalue weighted by atomic mass is 9.99. The molecule has 0 amide bonds. The summed E-state index contributed by atoms with van der Waals surface area (Å²) in [5.74, 6) is 0.854. The average Bonchev–Trinajstić information content (AvgIpc) is 2.63. The van der Waals surface area contributed by atoms with Gasteiger partial charge >= 0.3 is 0 Å². The quantitative estimate of drug-likeness (QED) is 0.798. The third-order valence-electron chi connectivity index (χ3n) is 3.90. The molecule has 1 N–H and O–H groups in total. The van der Waals surface area contributed by atoms with E-state index in [4.69, 9.17) is 23.2 Å². The zero-order chi connectivity index (χ0) is 10.6. The third kappa shape index (κ3) is 1.27. The summed E-state index contributed by atoms with van der Waals surface area (Å²) in [5, 5.41) is 11.7. The van der Waals surface area contributed by atoms with Crippen molar-refractivity contribution in [1.82, 2.24) is 0 Å². The lowest BCUT2D eigenvalue weighted by molar-refractivity contribution is 0.105. The van der Waals surface area contributed by atoms with Crippen molar-refractivity contribution in [3.63, 3.8) is 0 Å². The highest BCUT2D eigenvalue weighted by Crippen LogP contribution is 2.67. The first-order chi connectivity index (χ1) is 7.14. The van der Waals surface area contributed by atoms with Crippen molar-refractivity contribution in [2.24, 2.45) is 11.8 Å². The molecule has 0 spiro atoms. The standard InChI is InChI=1S/C12H12Cl2O/c13-7-4-5-10(11(14)6-7)12(15)8-2-1-3-9(8)12/h4-6,8-9,15H,1-3H2. The minimum atomic E-state index is -0.653. The molecule has 3 heteroatoms. The van der Waals surface area contributed by atoms with Gasteiger partial charge in [-0.25, -0.2) is 0 Å². The van der Waals surface area contributed by atoms with Crippen molar-refractivity contribution in [2.45, 2.75) is 24.9 Å². The molecule has 0 aliphatic heterocycles. The third-order valence-corrected chi connectivity index (χ3v) is 4.45. The maximum absolute atomic E-state index is 10.5. The smallest absolute Gasteiger partial charge is 0.0974 e. The van der Waals surface area contributed by atoms with Crippen molar-refractivity contribution < 1.29 is 5.11 Å². The minimum Gasteiger partial charge on any atom is -0.385 e. The van der Waals surface area contributed by atoms with E-state index in [-0.39, 0.29) is 0 Å². The van der Waals surface area contributed by atoms with Gasteiger partial charge in [-0.2, -0.15) is 0 Å². The van der Waals surface area contributed by atoms with Crippen molar-refractivity contribution in [3.05, 3.63) is 33.8 Å². The fraction of sp³-hybridized carbons (Fsp3) is 0.500. The van der Waals surface area contributed by atoms with Crippen LogP contribution in [0.5, 0.6) is 0 Å². The van der Waals surface area contributed by atoms with E-state index in [0.29, 0.717) is 21.9 Å². The molecular formula is C12H12Cl2O. The predicted molar refractivity (Wildman–Crippen MR) is 61.2 cm³/mol. The number of benzene rings is 1. The van der Waals surface area contributed by atoms with Gasteiger partial charge in [-0.15, -0.1) is 0 Å². The Kier molecular flexibility index (Phi) is 2.08. The highest BCUT2D eigenvalue weighted by Gasteiger charge is 2.66. The number of hydrogen-bond donors (Lipinski definition) is 1. The van der Waals surface area contributed by atoms with Gasteiger partial charge < -0.3 is 5.11 Å². The number of hydrogen-bond acceptors (Lipinski definition) is 1. The summed E-state index contributed by atoms with van der Waals surface area (Å²) < 4.78 is 0. The summed E-state index contributed by atoms with van der Waals surface area (Å²) in [6.07, 6.45) is 3.49. The van der Waals surface area contributed by atoms with Crippen LogP contribution < -0.4 is 0 Å². The Morgan fingerprint density at radius 1 is 1.20 bits per heavy atom. The maximum Gasteiger partial charge on any atom is 0.0974 e. The lowest BCUT2D eigenvalue weighted by Crippen LogP contribution is -2.13. The molecule has 15 heavy (non-hydrogen) atoms. The van der Waals surface area contributed by atoms with Gasteiger partial charge in [0.05, 0.1) is 5.60 Å². The Labute approximate surface area is 99.0 Å². The van der Waals surface area contributed by atoms with Gasteiger partial charge in [0.2, 0.25) is 0 Å². The van der Waals surface area contributed by atoms with Crippen molar-refractivity contribution in [1.29, 1.82) is 0 Å². The molecule has 2 aliphatic rings.